The van der Waals surface area contributed by atoms with Gasteiger partial charge in [0, 0.05) is 5.39 Å². The predicted molar refractivity (Wildman–Crippen MR) is 63.2 cm³/mol. The van der Waals surface area contributed by atoms with Crippen LogP contribution in [0.15, 0.2) is 41.3 Å². The van der Waals surface area contributed by atoms with Crippen molar-refractivity contribution >= 4 is 20.8 Å². The van der Waals surface area contributed by atoms with Gasteiger partial charge in [0.25, 0.3) is 10.0 Å². The molecule has 0 bridgehead atoms. The van der Waals surface area contributed by atoms with E-state index >= 15 is 0 Å². The second kappa shape index (κ2) is 3.86. The molecule has 0 aliphatic heterocycles. The van der Waals surface area contributed by atoms with Gasteiger partial charge in [-0.2, -0.15) is 4.83 Å². The van der Waals surface area contributed by atoms with Crippen molar-refractivity contribution in [2.75, 3.05) is 0 Å². The van der Waals surface area contributed by atoms with Gasteiger partial charge >= 0.3 is 0 Å². The highest BCUT2D eigenvalue weighted by molar-refractivity contribution is 7.89. The lowest BCUT2D eigenvalue weighted by Crippen LogP contribution is -2.30. The van der Waals surface area contributed by atoms with E-state index in [-0.39, 0.29) is 4.90 Å². The number of nitrogens with one attached hydrogen (secondary N) is 1. The number of hydrogen-bond donors (Lipinski definition) is 2. The summed E-state index contributed by atoms with van der Waals surface area (Å²) in [4.78, 5) is 2.05. The lowest BCUT2D eigenvalue weighted by Gasteiger charge is -2.08. The first kappa shape index (κ1) is 11.1. The van der Waals surface area contributed by atoms with Crippen molar-refractivity contribution in [3.8, 4) is 0 Å². The Kier molecular flexibility index (Phi) is 2.67. The van der Waals surface area contributed by atoms with Crippen LogP contribution in [0.5, 0.6) is 0 Å². The third-order valence-corrected chi connectivity index (χ3v) is 3.79. The molecule has 84 valence electrons. The minimum Gasteiger partial charge on any atom is -0.257 e. The zero-order valence-corrected chi connectivity index (χ0v) is 9.58. The minimum absolute atomic E-state index is 0.205. The summed E-state index contributed by atoms with van der Waals surface area (Å²) in [6.45, 7) is 1.94. The maximum atomic E-state index is 11.7. The zero-order valence-electron chi connectivity index (χ0n) is 8.77. The molecule has 5 heteroatoms. The molecule has 0 radical (unpaired) electrons. The van der Waals surface area contributed by atoms with Gasteiger partial charge in [0.2, 0.25) is 0 Å². The minimum atomic E-state index is -3.61. The molecule has 4 nitrogen and oxygen atoms in total. The van der Waals surface area contributed by atoms with Crippen LogP contribution in [0.2, 0.25) is 0 Å². The van der Waals surface area contributed by atoms with Crippen LogP contribution in [-0.2, 0) is 10.0 Å². The monoisotopic (exact) mass is 236 g/mol. The number of benzene rings is 2. The first-order valence-corrected chi connectivity index (χ1v) is 6.25. The molecule has 2 aromatic carbocycles. The molecule has 2 rings (SSSR count). The van der Waals surface area contributed by atoms with E-state index in [1.165, 1.54) is 6.07 Å². The van der Waals surface area contributed by atoms with Crippen LogP contribution in [0.1, 0.15) is 5.56 Å². The molecule has 16 heavy (non-hydrogen) atoms. The predicted octanol–water partition coefficient (Wildman–Crippen LogP) is 1.30. The van der Waals surface area contributed by atoms with Crippen LogP contribution in [0.4, 0.5) is 0 Å². The van der Waals surface area contributed by atoms with E-state index < -0.39 is 10.0 Å². The van der Waals surface area contributed by atoms with E-state index in [1.807, 2.05) is 30.0 Å². The van der Waals surface area contributed by atoms with E-state index in [0.717, 1.165) is 10.9 Å². The van der Waals surface area contributed by atoms with Gasteiger partial charge in [0.15, 0.2) is 0 Å². The van der Waals surface area contributed by atoms with Crippen LogP contribution < -0.4 is 10.7 Å². The first-order chi connectivity index (χ1) is 7.56. The molecule has 0 spiro atoms. The van der Waals surface area contributed by atoms with Gasteiger partial charge in [-0.1, -0.05) is 30.3 Å². The molecular weight excluding hydrogens is 224 g/mol. The fourth-order valence-corrected chi connectivity index (χ4v) is 2.59. The summed E-state index contributed by atoms with van der Waals surface area (Å²) in [6, 6.07) is 10.7. The van der Waals surface area contributed by atoms with Crippen LogP contribution in [0, 0.1) is 6.92 Å². The second-order valence-corrected chi connectivity index (χ2v) is 5.23. The third kappa shape index (κ3) is 1.69. The van der Waals surface area contributed by atoms with E-state index in [4.69, 9.17) is 5.84 Å². The SMILES string of the molecule is Cc1cccc2c(S(=O)(=O)NN)cccc12. The maximum Gasteiger partial charge on any atom is 0.253 e. The molecule has 0 atom stereocenters. The Labute approximate surface area is 94.1 Å². The second-order valence-electron chi connectivity index (χ2n) is 3.55. The molecule has 0 amide bonds. The summed E-state index contributed by atoms with van der Waals surface area (Å²) < 4.78 is 23.4. The average molecular weight is 236 g/mol. The Morgan fingerprint density at radius 2 is 1.69 bits per heavy atom. The Morgan fingerprint density at radius 1 is 1.06 bits per heavy atom. The van der Waals surface area contributed by atoms with Crippen molar-refractivity contribution in [2.24, 2.45) is 5.84 Å². The number of nitrogens with two attached hydrogens (primary N) is 1. The summed E-state index contributed by atoms with van der Waals surface area (Å²) in [5, 5.41) is 1.60. The highest BCUT2D eigenvalue weighted by atomic mass is 32.2. The van der Waals surface area contributed by atoms with Crippen molar-refractivity contribution in [2.45, 2.75) is 11.8 Å². The number of rotatable bonds is 2. The molecule has 0 aliphatic rings. The molecule has 0 fully saturated rings. The number of sulfonamides is 1. The van der Waals surface area contributed by atoms with Crippen molar-refractivity contribution in [1.29, 1.82) is 0 Å². The molecule has 0 aromatic heterocycles. The highest BCUT2D eigenvalue weighted by Gasteiger charge is 2.15. The van der Waals surface area contributed by atoms with E-state index in [1.54, 1.807) is 12.1 Å². The average Bonchev–Trinajstić information content (AvgIpc) is 2.29. The number of fused-ring (bicyclic) bond motifs is 1. The summed E-state index contributed by atoms with van der Waals surface area (Å²) in [5.74, 6) is 5.03. The van der Waals surface area contributed by atoms with Gasteiger partial charge in [0.05, 0.1) is 4.90 Å². The lowest BCUT2D eigenvalue weighted by molar-refractivity contribution is 0.585. The van der Waals surface area contributed by atoms with E-state index in [2.05, 4.69) is 0 Å². The van der Waals surface area contributed by atoms with Crippen LogP contribution in [0.3, 0.4) is 0 Å². The van der Waals surface area contributed by atoms with E-state index in [0.29, 0.717) is 5.39 Å². The fourth-order valence-electron chi connectivity index (χ4n) is 1.74. The van der Waals surface area contributed by atoms with Gasteiger partial charge in [-0.25, -0.2) is 8.42 Å². The number of hydrazine groups is 1. The molecule has 0 unspecified atom stereocenters. The normalized spacial score (nSPS) is 11.9. The Balaban J connectivity index is 2.88. The summed E-state index contributed by atoms with van der Waals surface area (Å²) in [5.41, 5.74) is 1.03. The molecule has 2 aromatic rings. The molecule has 3 N–H and O–H groups in total. The van der Waals surface area contributed by atoms with Gasteiger partial charge in [-0.05, 0) is 23.9 Å². The number of aryl methyl sites for hydroxylation is 1. The molecule has 0 saturated heterocycles. The molecule has 0 saturated carbocycles. The Hall–Kier alpha value is -1.43. The summed E-state index contributed by atoms with van der Waals surface area (Å²) in [7, 11) is -3.61. The third-order valence-electron chi connectivity index (χ3n) is 2.54. The van der Waals surface area contributed by atoms with Crippen molar-refractivity contribution < 1.29 is 8.42 Å². The summed E-state index contributed by atoms with van der Waals surface area (Å²) in [6.07, 6.45) is 0. The highest BCUT2D eigenvalue weighted by Crippen LogP contribution is 2.24. The largest absolute Gasteiger partial charge is 0.257 e. The van der Waals surface area contributed by atoms with Crippen LogP contribution in [0.25, 0.3) is 10.8 Å². The van der Waals surface area contributed by atoms with Gasteiger partial charge in [0.1, 0.15) is 0 Å². The van der Waals surface area contributed by atoms with E-state index in [9.17, 15) is 8.42 Å². The molecular formula is C11H12N2O2S. The maximum absolute atomic E-state index is 11.7. The molecule has 0 heterocycles. The summed E-state index contributed by atoms with van der Waals surface area (Å²) >= 11 is 0. The molecule has 0 aliphatic carbocycles. The topological polar surface area (TPSA) is 72.2 Å². The standard InChI is InChI=1S/C11H12N2O2S/c1-8-4-2-6-10-9(8)5-3-7-11(10)16(14,15)13-12/h2-7,13H,12H2,1H3. The van der Waals surface area contributed by atoms with Crippen LogP contribution >= 0.6 is 0 Å². The Bertz CT molecular complexity index is 635. The lowest BCUT2D eigenvalue weighted by atomic mass is 10.1. The van der Waals surface area contributed by atoms with Crippen LogP contribution in [-0.4, -0.2) is 8.42 Å². The first-order valence-electron chi connectivity index (χ1n) is 4.77. The smallest absolute Gasteiger partial charge is 0.253 e. The van der Waals surface area contributed by atoms with Crippen molar-refractivity contribution in [3.05, 3.63) is 42.0 Å². The van der Waals surface area contributed by atoms with Crippen molar-refractivity contribution in [3.63, 3.8) is 0 Å². The van der Waals surface area contributed by atoms with Gasteiger partial charge in [-0.3, -0.25) is 5.84 Å². The van der Waals surface area contributed by atoms with Crippen molar-refractivity contribution in [1.82, 2.24) is 4.83 Å². The zero-order chi connectivity index (χ0) is 11.8. The number of hydrogen-bond acceptors (Lipinski definition) is 3. The quantitative estimate of drug-likeness (QED) is 0.610. The van der Waals surface area contributed by atoms with Gasteiger partial charge in [-0.15, -0.1) is 0 Å². The fraction of sp³-hybridized carbons (Fsp3) is 0.0909. The Morgan fingerprint density at radius 3 is 2.38 bits per heavy atom. The van der Waals surface area contributed by atoms with Gasteiger partial charge < -0.3 is 0 Å².